The minimum atomic E-state index is -0.685. The molecule has 9 heteroatoms. The maximum Gasteiger partial charge on any atom is 0.407 e. The van der Waals surface area contributed by atoms with Crippen molar-refractivity contribution in [2.24, 2.45) is 5.73 Å². The van der Waals surface area contributed by atoms with E-state index in [1.54, 1.807) is 39.8 Å². The monoisotopic (exact) mass is 464 g/mol. The predicted molar refractivity (Wildman–Crippen MR) is 120 cm³/mol. The summed E-state index contributed by atoms with van der Waals surface area (Å²) in [6.45, 7) is 6.87. The maximum absolute atomic E-state index is 14.5. The summed E-state index contributed by atoms with van der Waals surface area (Å²) >= 11 is 0. The van der Waals surface area contributed by atoms with E-state index in [4.69, 9.17) is 15.2 Å². The summed E-state index contributed by atoms with van der Waals surface area (Å²) in [4.78, 5) is 34.4. The first-order valence-corrected chi connectivity index (χ1v) is 10.6. The number of hydrogen-bond donors (Lipinski definition) is 2. The number of rotatable bonds is 10. The number of ether oxygens (including phenoxy) is 3. The average Bonchev–Trinajstić information content (AvgIpc) is 2.71. The molecule has 8 nitrogen and oxygen atoms in total. The van der Waals surface area contributed by atoms with Gasteiger partial charge in [0.1, 0.15) is 11.4 Å². The van der Waals surface area contributed by atoms with Gasteiger partial charge in [-0.05, 0) is 46.2 Å². The Labute approximate surface area is 194 Å². The number of esters is 1. The molecule has 2 amide bonds. The van der Waals surface area contributed by atoms with Gasteiger partial charge in [-0.3, -0.25) is 9.59 Å². The van der Waals surface area contributed by atoms with Crippen molar-refractivity contribution in [3.63, 3.8) is 0 Å². The van der Waals surface area contributed by atoms with Gasteiger partial charge in [-0.1, -0.05) is 17.9 Å². The van der Waals surface area contributed by atoms with E-state index in [2.05, 4.69) is 21.9 Å². The molecule has 0 saturated heterocycles. The van der Waals surface area contributed by atoms with Crippen LogP contribution in [0.5, 0.6) is 0 Å². The lowest BCUT2D eigenvalue weighted by atomic mass is 10.1. The van der Waals surface area contributed by atoms with Crippen LogP contribution in [0.3, 0.4) is 0 Å². The van der Waals surface area contributed by atoms with Crippen LogP contribution in [-0.4, -0.2) is 42.8 Å². The van der Waals surface area contributed by atoms with Crippen molar-refractivity contribution < 1.29 is 33.0 Å². The summed E-state index contributed by atoms with van der Waals surface area (Å²) in [5, 5.41) is 2.69. The molecule has 0 unspecified atom stereocenters. The van der Waals surface area contributed by atoms with Crippen molar-refractivity contribution in [2.75, 3.05) is 7.11 Å². The molecule has 0 bridgehead atoms. The standard InChI is InChI=1S/C24H33FN2O6/c1-16(20(12-13-21(26)28)27-23(30)33-24(2,3)4)32-15-18-11-10-17(14-19(18)25)8-6-7-9-22(29)31-5/h10-11,14,16,20H,7,9,12-13,15H2,1-5H3,(H2,26,28)(H,27,30)/t16-,20+/m1/s1. The molecule has 0 aliphatic carbocycles. The molecule has 1 aromatic rings. The zero-order valence-electron chi connectivity index (χ0n) is 19.8. The van der Waals surface area contributed by atoms with Crippen molar-refractivity contribution in [3.8, 4) is 11.8 Å². The van der Waals surface area contributed by atoms with Crippen molar-refractivity contribution in [2.45, 2.75) is 77.7 Å². The zero-order chi connectivity index (χ0) is 25.0. The molecule has 0 heterocycles. The number of nitrogens with one attached hydrogen (secondary N) is 1. The van der Waals surface area contributed by atoms with Crippen molar-refractivity contribution >= 4 is 18.0 Å². The number of nitrogens with two attached hydrogens (primary N) is 1. The van der Waals surface area contributed by atoms with Crippen molar-refractivity contribution in [1.82, 2.24) is 5.32 Å². The Morgan fingerprint density at radius 3 is 2.48 bits per heavy atom. The Kier molecular flexibility index (Phi) is 11.4. The number of carbonyl (C=O) groups is 3. The van der Waals surface area contributed by atoms with Crippen LogP contribution in [0.2, 0.25) is 0 Å². The van der Waals surface area contributed by atoms with Crippen LogP contribution in [0.15, 0.2) is 18.2 Å². The number of halogens is 1. The highest BCUT2D eigenvalue weighted by molar-refractivity contribution is 5.74. The fourth-order valence-corrected chi connectivity index (χ4v) is 2.69. The third-order valence-electron chi connectivity index (χ3n) is 4.44. The molecule has 0 aromatic heterocycles. The first-order valence-electron chi connectivity index (χ1n) is 10.6. The minimum Gasteiger partial charge on any atom is -0.469 e. The van der Waals surface area contributed by atoms with E-state index in [1.165, 1.54) is 13.2 Å². The van der Waals surface area contributed by atoms with E-state index in [1.807, 2.05) is 0 Å². The lowest BCUT2D eigenvalue weighted by molar-refractivity contribution is -0.140. The molecule has 0 aliphatic heterocycles. The molecular formula is C24H33FN2O6. The van der Waals surface area contributed by atoms with Gasteiger partial charge in [0.25, 0.3) is 0 Å². The second kappa shape index (κ2) is 13.4. The number of hydrogen-bond acceptors (Lipinski definition) is 6. The Morgan fingerprint density at radius 1 is 1.21 bits per heavy atom. The van der Waals surface area contributed by atoms with E-state index in [9.17, 15) is 18.8 Å². The highest BCUT2D eigenvalue weighted by Crippen LogP contribution is 2.15. The van der Waals surface area contributed by atoms with E-state index in [-0.39, 0.29) is 31.8 Å². The lowest BCUT2D eigenvalue weighted by Gasteiger charge is -2.27. The second-order valence-corrected chi connectivity index (χ2v) is 8.46. The van der Waals surface area contributed by atoms with Gasteiger partial charge in [0.2, 0.25) is 5.91 Å². The zero-order valence-corrected chi connectivity index (χ0v) is 19.8. The van der Waals surface area contributed by atoms with E-state index < -0.39 is 35.6 Å². The topological polar surface area (TPSA) is 117 Å². The van der Waals surface area contributed by atoms with Gasteiger partial charge < -0.3 is 25.3 Å². The third kappa shape index (κ3) is 11.9. The van der Waals surface area contributed by atoms with Crippen LogP contribution in [0.1, 0.15) is 64.5 Å². The Bertz CT molecular complexity index is 885. The van der Waals surface area contributed by atoms with Crippen LogP contribution < -0.4 is 11.1 Å². The fourth-order valence-electron chi connectivity index (χ4n) is 2.69. The number of benzene rings is 1. The molecule has 33 heavy (non-hydrogen) atoms. The second-order valence-electron chi connectivity index (χ2n) is 8.46. The van der Waals surface area contributed by atoms with Crippen LogP contribution in [-0.2, 0) is 30.4 Å². The van der Waals surface area contributed by atoms with E-state index in [0.29, 0.717) is 17.5 Å². The molecule has 0 fully saturated rings. The van der Waals surface area contributed by atoms with Crippen LogP contribution in [0.25, 0.3) is 0 Å². The summed E-state index contributed by atoms with van der Waals surface area (Å²) in [5.74, 6) is 4.25. The van der Waals surface area contributed by atoms with Gasteiger partial charge in [0, 0.05) is 24.0 Å². The largest absolute Gasteiger partial charge is 0.469 e. The third-order valence-corrected chi connectivity index (χ3v) is 4.44. The van der Waals surface area contributed by atoms with Crippen molar-refractivity contribution in [1.29, 1.82) is 0 Å². The number of primary amides is 1. The highest BCUT2D eigenvalue weighted by Gasteiger charge is 2.24. The molecule has 2 atom stereocenters. The first-order chi connectivity index (χ1) is 15.4. The molecule has 0 spiro atoms. The van der Waals surface area contributed by atoms with E-state index in [0.717, 1.165) is 0 Å². The highest BCUT2D eigenvalue weighted by atomic mass is 19.1. The number of alkyl carbamates (subject to hydrolysis) is 1. The lowest BCUT2D eigenvalue weighted by Crippen LogP contribution is -2.45. The van der Waals surface area contributed by atoms with Crippen LogP contribution in [0, 0.1) is 17.7 Å². The molecule has 0 radical (unpaired) electrons. The van der Waals surface area contributed by atoms with Gasteiger partial charge >= 0.3 is 12.1 Å². The molecule has 1 rings (SSSR count). The molecule has 0 saturated carbocycles. The molecular weight excluding hydrogens is 431 g/mol. The quantitative estimate of drug-likeness (QED) is 0.406. The summed E-state index contributed by atoms with van der Waals surface area (Å²) in [5.41, 5.74) is 5.33. The smallest absolute Gasteiger partial charge is 0.407 e. The summed E-state index contributed by atoms with van der Waals surface area (Å²) < 4.78 is 30.0. The SMILES string of the molecule is COC(=O)CCC#Cc1ccc(CO[C@H](C)[C@H](CCC(N)=O)NC(=O)OC(C)(C)C)c(F)c1. The number of amides is 2. The molecule has 0 aliphatic rings. The predicted octanol–water partition coefficient (Wildman–Crippen LogP) is 3.19. The Balaban J connectivity index is 2.73. The Morgan fingerprint density at radius 2 is 1.91 bits per heavy atom. The van der Waals surface area contributed by atoms with Gasteiger partial charge in [0.05, 0.1) is 32.3 Å². The molecule has 3 N–H and O–H groups in total. The summed E-state index contributed by atoms with van der Waals surface area (Å²) in [6, 6.07) is 3.95. The summed E-state index contributed by atoms with van der Waals surface area (Å²) in [7, 11) is 1.31. The van der Waals surface area contributed by atoms with Gasteiger partial charge in [-0.25, -0.2) is 9.18 Å². The summed E-state index contributed by atoms with van der Waals surface area (Å²) in [6.07, 6.45) is -0.412. The average molecular weight is 465 g/mol. The number of carbonyl (C=O) groups excluding carboxylic acids is 3. The first kappa shape index (κ1) is 27.9. The van der Waals surface area contributed by atoms with Gasteiger partial charge in [-0.2, -0.15) is 0 Å². The molecule has 182 valence electrons. The Hall–Kier alpha value is -3.12. The fraction of sp³-hybridized carbons (Fsp3) is 0.542. The number of methoxy groups -OCH3 is 1. The van der Waals surface area contributed by atoms with E-state index >= 15 is 0 Å². The van der Waals surface area contributed by atoms with Gasteiger partial charge in [0.15, 0.2) is 0 Å². The van der Waals surface area contributed by atoms with Gasteiger partial charge in [-0.15, -0.1) is 0 Å². The van der Waals surface area contributed by atoms with Crippen LogP contribution in [0.4, 0.5) is 9.18 Å². The van der Waals surface area contributed by atoms with Crippen LogP contribution >= 0.6 is 0 Å². The van der Waals surface area contributed by atoms with Crippen molar-refractivity contribution in [3.05, 3.63) is 35.1 Å². The normalized spacial score (nSPS) is 12.7. The molecule has 1 aromatic carbocycles. The minimum absolute atomic E-state index is 0.0475. The maximum atomic E-state index is 14.5.